The van der Waals surface area contributed by atoms with Crippen LogP contribution in [0.2, 0.25) is 0 Å². The Morgan fingerprint density at radius 1 is 1.13 bits per heavy atom. The molecule has 6 nitrogen and oxygen atoms in total. The molecule has 2 aromatic carbocycles. The molecule has 164 valence electrons. The molecular weight excluding hydrogens is 403 g/mol. The fourth-order valence-corrected chi connectivity index (χ4v) is 4.19. The molecule has 0 saturated carbocycles. The Balaban J connectivity index is 2.43. The Labute approximate surface area is 179 Å². The van der Waals surface area contributed by atoms with E-state index in [1.165, 1.54) is 12.1 Å². The van der Waals surface area contributed by atoms with E-state index in [4.69, 9.17) is 5.14 Å². The van der Waals surface area contributed by atoms with Gasteiger partial charge in [-0.1, -0.05) is 39.8 Å². The summed E-state index contributed by atoms with van der Waals surface area (Å²) in [5.41, 5.74) is 2.71. The van der Waals surface area contributed by atoms with Crippen LogP contribution in [-0.4, -0.2) is 29.2 Å². The summed E-state index contributed by atoms with van der Waals surface area (Å²) in [7, 11) is 0.402. The maximum Gasteiger partial charge on any atom is 0.354 e. The summed E-state index contributed by atoms with van der Waals surface area (Å²) in [6, 6.07) is 8.89. The molecular formula is C22H31FN4O2S. The van der Waals surface area contributed by atoms with Crippen molar-refractivity contribution in [1.29, 1.82) is 0 Å². The molecule has 1 unspecified atom stereocenters. The number of nitrogens with one attached hydrogen (secondary N) is 1. The van der Waals surface area contributed by atoms with E-state index in [-0.39, 0.29) is 22.5 Å². The van der Waals surface area contributed by atoms with Gasteiger partial charge in [0.1, 0.15) is 15.7 Å². The average molecular weight is 435 g/mol. The monoisotopic (exact) mass is 434 g/mol. The molecule has 0 bridgehead atoms. The third-order valence-electron chi connectivity index (χ3n) is 4.59. The fraction of sp³-hybridized carbons (Fsp3) is 0.409. The topological polar surface area (TPSA) is 87.8 Å². The Morgan fingerprint density at radius 3 is 2.20 bits per heavy atom. The maximum absolute atomic E-state index is 14.1. The fourth-order valence-electron chi connectivity index (χ4n) is 3.20. The van der Waals surface area contributed by atoms with Gasteiger partial charge in [0, 0.05) is 12.2 Å². The van der Waals surface area contributed by atoms with Crippen LogP contribution in [0.1, 0.15) is 56.2 Å². The number of halogens is 1. The van der Waals surface area contributed by atoms with Gasteiger partial charge in [0.2, 0.25) is 0 Å². The molecule has 2 aromatic rings. The average Bonchev–Trinajstić information content (AvgIpc) is 2.61. The van der Waals surface area contributed by atoms with Crippen molar-refractivity contribution >= 4 is 21.6 Å². The molecule has 0 aliphatic rings. The van der Waals surface area contributed by atoms with Gasteiger partial charge in [-0.15, -0.1) is 4.36 Å². The van der Waals surface area contributed by atoms with E-state index < -0.39 is 15.9 Å². The van der Waals surface area contributed by atoms with E-state index in [0.717, 1.165) is 5.56 Å². The van der Waals surface area contributed by atoms with Crippen LogP contribution in [0.25, 0.3) is 0 Å². The highest BCUT2D eigenvalue weighted by molar-refractivity contribution is 7.91. The van der Waals surface area contributed by atoms with Crippen LogP contribution in [0.4, 0.5) is 14.9 Å². The first-order chi connectivity index (χ1) is 13.9. The minimum Gasteiger partial charge on any atom is -0.305 e. The summed E-state index contributed by atoms with van der Waals surface area (Å²) in [4.78, 5) is 14.9. The van der Waals surface area contributed by atoms with Crippen LogP contribution in [0.15, 0.2) is 45.7 Å². The molecule has 0 spiro atoms. The molecule has 2 amide bonds. The van der Waals surface area contributed by atoms with Crippen molar-refractivity contribution in [2.45, 2.75) is 51.0 Å². The Bertz CT molecular complexity index is 1010. The Morgan fingerprint density at radius 2 is 1.70 bits per heavy atom. The molecule has 0 aliphatic carbocycles. The zero-order valence-electron chi connectivity index (χ0n) is 18.4. The van der Waals surface area contributed by atoms with Gasteiger partial charge in [0.25, 0.3) is 0 Å². The van der Waals surface area contributed by atoms with Gasteiger partial charge in [-0.25, -0.2) is 18.5 Å². The van der Waals surface area contributed by atoms with Crippen LogP contribution >= 0.6 is 0 Å². The molecule has 0 aromatic heterocycles. The third-order valence-corrected chi connectivity index (χ3v) is 5.96. The zero-order valence-corrected chi connectivity index (χ0v) is 19.2. The van der Waals surface area contributed by atoms with Crippen LogP contribution in [0.3, 0.4) is 0 Å². The van der Waals surface area contributed by atoms with Crippen LogP contribution < -0.4 is 10.5 Å². The first-order valence-corrected chi connectivity index (χ1v) is 11.4. The van der Waals surface area contributed by atoms with Gasteiger partial charge in [-0.05, 0) is 66.9 Å². The lowest BCUT2D eigenvalue weighted by atomic mass is 9.92. The van der Waals surface area contributed by atoms with Crippen molar-refractivity contribution in [2.75, 3.05) is 19.4 Å². The lowest BCUT2D eigenvalue weighted by Crippen LogP contribution is -2.19. The number of nitrogens with two attached hydrogens (primary N) is 1. The van der Waals surface area contributed by atoms with Gasteiger partial charge in [0.05, 0.1) is 4.90 Å². The molecule has 30 heavy (non-hydrogen) atoms. The molecule has 0 heterocycles. The Hall–Kier alpha value is -2.29. The van der Waals surface area contributed by atoms with Crippen molar-refractivity contribution in [3.8, 4) is 0 Å². The standard InChI is InChI=1S/C22H31FN4O2S/c1-14(2)19-11-17(23)12-20(15(3)4)21(19)25-22(28)26-30(24,29)18-9-7-8-16(10-18)13-27(5)6/h7-12,14-15H,13H2,1-6H3,(H3,24,25,26,28,29). The maximum atomic E-state index is 14.1. The molecule has 8 heteroatoms. The summed E-state index contributed by atoms with van der Waals surface area (Å²) >= 11 is 0. The summed E-state index contributed by atoms with van der Waals surface area (Å²) in [5.74, 6) is -0.422. The highest BCUT2D eigenvalue weighted by Gasteiger charge is 2.19. The third kappa shape index (κ3) is 6.10. The van der Waals surface area contributed by atoms with Gasteiger partial charge in [0.15, 0.2) is 0 Å². The number of carbonyl (C=O) groups is 1. The largest absolute Gasteiger partial charge is 0.354 e. The van der Waals surface area contributed by atoms with Gasteiger partial charge >= 0.3 is 6.03 Å². The smallest absolute Gasteiger partial charge is 0.305 e. The number of hydrogen-bond acceptors (Lipinski definition) is 3. The molecule has 0 radical (unpaired) electrons. The normalized spacial score (nSPS) is 13.6. The number of anilines is 1. The van der Waals surface area contributed by atoms with Crippen molar-refractivity contribution in [3.63, 3.8) is 0 Å². The highest BCUT2D eigenvalue weighted by Crippen LogP contribution is 2.33. The number of amides is 2. The number of benzene rings is 2. The number of carbonyl (C=O) groups excluding carboxylic acids is 1. The lowest BCUT2D eigenvalue weighted by Gasteiger charge is -2.20. The lowest BCUT2D eigenvalue weighted by molar-refractivity contribution is 0.260. The van der Waals surface area contributed by atoms with Crippen molar-refractivity contribution in [1.82, 2.24) is 4.90 Å². The number of nitrogens with zero attached hydrogens (tertiary/aromatic N) is 2. The van der Waals surface area contributed by atoms with Crippen LogP contribution in [-0.2, 0) is 16.5 Å². The highest BCUT2D eigenvalue weighted by atomic mass is 32.2. The number of rotatable bonds is 6. The van der Waals surface area contributed by atoms with Crippen LogP contribution in [0.5, 0.6) is 0 Å². The molecule has 0 fully saturated rings. The molecule has 0 aliphatic heterocycles. The quantitative estimate of drug-likeness (QED) is 0.665. The number of hydrogen-bond donors (Lipinski definition) is 2. The SMILES string of the molecule is CC(C)c1cc(F)cc(C(C)C)c1NC(=O)N=S(N)(=O)c1cccc(CN(C)C)c1. The minimum absolute atomic E-state index is 0.0292. The number of urea groups is 1. The van der Waals surface area contributed by atoms with Crippen molar-refractivity contribution < 1.29 is 13.4 Å². The molecule has 0 saturated heterocycles. The van der Waals surface area contributed by atoms with Crippen molar-refractivity contribution in [3.05, 3.63) is 58.9 Å². The van der Waals surface area contributed by atoms with E-state index in [0.29, 0.717) is 23.4 Å². The Kier molecular flexibility index (Phi) is 7.74. The van der Waals surface area contributed by atoms with Gasteiger partial charge in [-0.3, -0.25) is 0 Å². The van der Waals surface area contributed by atoms with Gasteiger partial charge in [-0.2, -0.15) is 0 Å². The second kappa shape index (κ2) is 9.68. The van der Waals surface area contributed by atoms with E-state index in [1.54, 1.807) is 18.2 Å². The van der Waals surface area contributed by atoms with Gasteiger partial charge < -0.3 is 10.2 Å². The summed E-state index contributed by atoms with van der Waals surface area (Å²) in [5, 5.41) is 8.64. The predicted octanol–water partition coefficient (Wildman–Crippen LogP) is 5.07. The molecule has 2 rings (SSSR count). The minimum atomic E-state index is -3.44. The summed E-state index contributed by atoms with van der Waals surface area (Å²) < 4.78 is 30.8. The van der Waals surface area contributed by atoms with E-state index in [9.17, 15) is 13.4 Å². The van der Waals surface area contributed by atoms with Crippen molar-refractivity contribution in [2.24, 2.45) is 9.50 Å². The summed E-state index contributed by atoms with van der Waals surface area (Å²) in [6.07, 6.45) is 0. The van der Waals surface area contributed by atoms with Crippen LogP contribution in [0, 0.1) is 5.82 Å². The second-order valence-electron chi connectivity index (χ2n) is 8.24. The molecule has 1 atom stereocenters. The predicted molar refractivity (Wildman–Crippen MR) is 120 cm³/mol. The van der Waals surface area contributed by atoms with E-state index >= 15 is 0 Å². The molecule has 3 N–H and O–H groups in total. The second-order valence-corrected chi connectivity index (χ2v) is 10.0. The zero-order chi connectivity index (χ0) is 22.6. The first-order valence-electron chi connectivity index (χ1n) is 9.83. The summed E-state index contributed by atoms with van der Waals surface area (Å²) in [6.45, 7) is 8.28. The van der Waals surface area contributed by atoms with E-state index in [1.807, 2.05) is 52.8 Å². The first kappa shape index (κ1) is 24.0. The van der Waals surface area contributed by atoms with E-state index in [2.05, 4.69) is 9.68 Å².